The highest BCUT2D eigenvalue weighted by molar-refractivity contribution is 5.83. The zero-order valence-electron chi connectivity index (χ0n) is 22.8. The third-order valence-corrected chi connectivity index (χ3v) is 7.20. The molecular formula is C33H27FN4O4. The lowest BCUT2D eigenvalue weighted by atomic mass is 10.1. The van der Waals surface area contributed by atoms with Crippen molar-refractivity contribution in [1.29, 1.82) is 0 Å². The van der Waals surface area contributed by atoms with Crippen LogP contribution in [0.25, 0.3) is 38.8 Å². The fourth-order valence-corrected chi connectivity index (χ4v) is 5.01. The average Bonchev–Trinajstić information content (AvgIpc) is 3.50. The van der Waals surface area contributed by atoms with Gasteiger partial charge < -0.3 is 14.4 Å². The Morgan fingerprint density at radius 2 is 1.76 bits per heavy atom. The van der Waals surface area contributed by atoms with Crippen molar-refractivity contribution in [3.8, 4) is 16.9 Å². The standard InChI is InChI=1S/C33H27FN4O4/c1-20(39)6-2-5-9-31-36-29-18-22(10-16-25(29)33(41)38(31)24-14-12-23(34)13-15-24)28-19-30(42-37-28)32(40)27-17-11-21-7-3-4-8-26(21)35-27/h3-4,7-8,10-19,32,40H,2,5-6,9H2,1H3. The lowest BCUT2D eigenvalue weighted by Gasteiger charge is -2.14. The van der Waals surface area contributed by atoms with Crippen molar-refractivity contribution in [2.45, 2.75) is 38.7 Å². The van der Waals surface area contributed by atoms with E-state index in [1.54, 1.807) is 49.4 Å². The molecule has 1 N–H and O–H groups in total. The molecule has 0 aliphatic carbocycles. The lowest BCUT2D eigenvalue weighted by molar-refractivity contribution is -0.117. The van der Waals surface area contributed by atoms with Gasteiger partial charge in [0.1, 0.15) is 23.1 Å². The van der Waals surface area contributed by atoms with Crippen LogP contribution >= 0.6 is 0 Å². The van der Waals surface area contributed by atoms with E-state index in [2.05, 4.69) is 10.1 Å². The van der Waals surface area contributed by atoms with Gasteiger partial charge in [-0.1, -0.05) is 35.5 Å². The first kappa shape index (κ1) is 27.2. The van der Waals surface area contributed by atoms with Crippen molar-refractivity contribution in [2.24, 2.45) is 0 Å². The first-order valence-electron chi connectivity index (χ1n) is 13.7. The Morgan fingerprint density at radius 1 is 0.952 bits per heavy atom. The third-order valence-electron chi connectivity index (χ3n) is 7.20. The summed E-state index contributed by atoms with van der Waals surface area (Å²) in [5.41, 5.74) is 3.03. The van der Waals surface area contributed by atoms with Gasteiger partial charge in [0.05, 0.1) is 27.8 Å². The van der Waals surface area contributed by atoms with Crippen molar-refractivity contribution in [1.82, 2.24) is 19.7 Å². The molecule has 6 aromatic rings. The second-order valence-corrected chi connectivity index (χ2v) is 10.2. The van der Waals surface area contributed by atoms with Crippen LogP contribution in [0.2, 0.25) is 0 Å². The van der Waals surface area contributed by atoms with Crippen LogP contribution in [0.1, 0.15) is 49.6 Å². The molecule has 1 unspecified atom stereocenters. The monoisotopic (exact) mass is 562 g/mol. The molecular weight excluding hydrogens is 535 g/mol. The molecule has 6 rings (SSSR count). The zero-order chi connectivity index (χ0) is 29.2. The maximum Gasteiger partial charge on any atom is 0.265 e. The second-order valence-electron chi connectivity index (χ2n) is 10.2. The summed E-state index contributed by atoms with van der Waals surface area (Å²) in [6.45, 7) is 1.55. The molecule has 0 aliphatic rings. The number of aliphatic hydroxyl groups is 1. The summed E-state index contributed by atoms with van der Waals surface area (Å²) in [4.78, 5) is 34.5. The molecule has 8 nitrogen and oxygen atoms in total. The predicted molar refractivity (Wildman–Crippen MR) is 157 cm³/mol. The van der Waals surface area contributed by atoms with Crippen LogP contribution < -0.4 is 5.56 Å². The summed E-state index contributed by atoms with van der Waals surface area (Å²) in [6, 6.07) is 23.8. The van der Waals surface area contributed by atoms with Gasteiger partial charge in [-0.15, -0.1) is 0 Å². The Bertz CT molecular complexity index is 1980. The molecule has 0 amide bonds. The first-order chi connectivity index (χ1) is 20.4. The number of unbranched alkanes of at least 4 members (excludes halogenated alkanes) is 1. The minimum Gasteiger partial charge on any atom is -0.379 e. The SMILES string of the molecule is CC(=O)CCCCc1nc2cc(-c3cc(C(O)c4ccc5ccccc5n4)on3)ccc2c(=O)n1-c1ccc(F)cc1. The number of fused-ring (bicyclic) bond motifs is 2. The highest BCUT2D eigenvalue weighted by Crippen LogP contribution is 2.28. The van der Waals surface area contributed by atoms with Gasteiger partial charge in [0.15, 0.2) is 11.9 Å². The van der Waals surface area contributed by atoms with Gasteiger partial charge in [-0.3, -0.25) is 9.36 Å². The number of carbonyl (C=O) groups is 1. The van der Waals surface area contributed by atoms with Crippen LogP contribution in [-0.2, 0) is 11.2 Å². The summed E-state index contributed by atoms with van der Waals surface area (Å²) in [7, 11) is 0. The van der Waals surface area contributed by atoms with Crippen LogP contribution in [0.15, 0.2) is 94.2 Å². The molecule has 9 heteroatoms. The van der Waals surface area contributed by atoms with E-state index in [4.69, 9.17) is 9.51 Å². The molecule has 3 heterocycles. The number of pyridine rings is 1. The molecule has 3 aromatic heterocycles. The predicted octanol–water partition coefficient (Wildman–Crippen LogP) is 6.11. The summed E-state index contributed by atoms with van der Waals surface area (Å²) < 4.78 is 20.6. The number of rotatable bonds is 9. The van der Waals surface area contributed by atoms with E-state index in [-0.39, 0.29) is 17.1 Å². The van der Waals surface area contributed by atoms with Gasteiger partial charge in [-0.05, 0) is 68.3 Å². The number of hydrogen-bond acceptors (Lipinski definition) is 7. The largest absolute Gasteiger partial charge is 0.379 e. The molecule has 42 heavy (non-hydrogen) atoms. The van der Waals surface area contributed by atoms with E-state index in [1.165, 1.54) is 16.7 Å². The van der Waals surface area contributed by atoms with Crippen molar-refractivity contribution in [3.05, 3.63) is 118 Å². The minimum atomic E-state index is -1.11. The quantitative estimate of drug-likeness (QED) is 0.212. The van der Waals surface area contributed by atoms with Gasteiger partial charge in [0.2, 0.25) is 0 Å². The van der Waals surface area contributed by atoms with Crippen molar-refractivity contribution in [2.75, 3.05) is 0 Å². The first-order valence-corrected chi connectivity index (χ1v) is 13.7. The Labute approximate surface area is 240 Å². The van der Waals surface area contributed by atoms with Crippen LogP contribution in [0.4, 0.5) is 4.39 Å². The molecule has 0 fully saturated rings. The molecule has 0 radical (unpaired) electrons. The van der Waals surface area contributed by atoms with Gasteiger partial charge in [-0.2, -0.15) is 0 Å². The molecule has 0 bridgehead atoms. The van der Waals surface area contributed by atoms with Gasteiger partial charge in [0.25, 0.3) is 5.56 Å². The smallest absolute Gasteiger partial charge is 0.265 e. The summed E-state index contributed by atoms with van der Waals surface area (Å²) in [5, 5.41) is 16.5. The van der Waals surface area contributed by atoms with Crippen molar-refractivity contribution in [3.63, 3.8) is 0 Å². The molecule has 3 aromatic carbocycles. The van der Waals surface area contributed by atoms with E-state index in [0.29, 0.717) is 65.0 Å². The Morgan fingerprint density at radius 3 is 2.57 bits per heavy atom. The number of halogens is 1. The third kappa shape index (κ3) is 5.46. The second kappa shape index (κ2) is 11.5. The average molecular weight is 563 g/mol. The van der Waals surface area contributed by atoms with E-state index in [9.17, 15) is 19.1 Å². The molecule has 210 valence electrons. The van der Waals surface area contributed by atoms with Crippen LogP contribution in [0.5, 0.6) is 0 Å². The zero-order valence-corrected chi connectivity index (χ0v) is 22.8. The number of Topliss-reactive ketones (excluding diaryl/α,β-unsaturated/α-hetero) is 1. The number of benzene rings is 3. The van der Waals surface area contributed by atoms with Gasteiger partial charge in [-0.25, -0.2) is 14.4 Å². The van der Waals surface area contributed by atoms with Crippen molar-refractivity contribution < 1.29 is 18.8 Å². The maximum absolute atomic E-state index is 13.7. The van der Waals surface area contributed by atoms with E-state index < -0.39 is 11.9 Å². The number of hydrogen-bond donors (Lipinski definition) is 1. The van der Waals surface area contributed by atoms with Crippen molar-refractivity contribution >= 4 is 27.6 Å². The summed E-state index contributed by atoms with van der Waals surface area (Å²) in [5.74, 6) is 0.453. The highest BCUT2D eigenvalue weighted by Gasteiger charge is 2.20. The molecule has 0 saturated heterocycles. The Balaban J connectivity index is 1.35. The summed E-state index contributed by atoms with van der Waals surface area (Å²) >= 11 is 0. The maximum atomic E-state index is 13.7. The number of aromatic nitrogens is 4. The van der Waals surface area contributed by atoms with E-state index in [1.807, 2.05) is 30.3 Å². The lowest BCUT2D eigenvalue weighted by Crippen LogP contribution is -2.24. The number of nitrogens with zero attached hydrogens (tertiary/aromatic N) is 4. The topological polar surface area (TPSA) is 111 Å². The number of carbonyl (C=O) groups excluding carboxylic acids is 1. The molecule has 0 aliphatic heterocycles. The fourth-order valence-electron chi connectivity index (χ4n) is 5.01. The Hall–Kier alpha value is -5.02. The number of para-hydroxylation sites is 1. The highest BCUT2D eigenvalue weighted by atomic mass is 19.1. The van der Waals surface area contributed by atoms with Gasteiger partial charge in [0, 0.05) is 29.9 Å². The molecule has 0 saturated carbocycles. The number of aliphatic hydroxyl groups excluding tert-OH is 1. The molecule has 1 atom stereocenters. The minimum absolute atomic E-state index is 0.107. The van der Waals surface area contributed by atoms with E-state index >= 15 is 0 Å². The molecule has 0 spiro atoms. The van der Waals surface area contributed by atoms with Gasteiger partial charge >= 0.3 is 0 Å². The van der Waals surface area contributed by atoms with Crippen LogP contribution in [0.3, 0.4) is 0 Å². The Kier molecular flexibility index (Phi) is 7.41. The van der Waals surface area contributed by atoms with E-state index in [0.717, 1.165) is 10.9 Å². The number of ketones is 1. The van der Waals surface area contributed by atoms with Crippen LogP contribution in [0, 0.1) is 5.82 Å². The normalized spacial score (nSPS) is 12.2. The number of aryl methyl sites for hydroxylation is 1. The summed E-state index contributed by atoms with van der Waals surface area (Å²) in [6.07, 6.45) is 1.13. The van der Waals surface area contributed by atoms with Crippen LogP contribution in [-0.4, -0.2) is 30.6 Å². The fraction of sp³-hybridized carbons (Fsp3) is 0.182.